The van der Waals surface area contributed by atoms with Gasteiger partial charge in [0.25, 0.3) is 0 Å². The predicted molar refractivity (Wildman–Crippen MR) is 98.0 cm³/mol. The molecule has 28 heavy (non-hydrogen) atoms. The van der Waals surface area contributed by atoms with Gasteiger partial charge in [-0.3, -0.25) is 9.59 Å². The number of halogens is 4. The van der Waals surface area contributed by atoms with E-state index in [4.69, 9.17) is 22.1 Å². The number of nitrogens with one attached hydrogen (secondary N) is 1. The third-order valence-electron chi connectivity index (χ3n) is 3.95. The summed E-state index contributed by atoms with van der Waals surface area (Å²) in [5, 5.41) is 2.78. The molecule has 9 heteroatoms. The maximum Gasteiger partial charge on any atom is 0.416 e. The summed E-state index contributed by atoms with van der Waals surface area (Å²) in [7, 11) is 1.46. The maximum atomic E-state index is 12.8. The first-order valence-corrected chi connectivity index (χ1v) is 8.55. The van der Waals surface area contributed by atoms with Crippen LogP contribution in [-0.4, -0.2) is 25.0 Å². The van der Waals surface area contributed by atoms with Gasteiger partial charge in [0.1, 0.15) is 11.8 Å². The molecule has 2 aromatic carbocycles. The SMILES string of the molecule is COc1ccc(C[C@@H](NC(=O)Cc2cccc(C(F)(F)F)c2)C(N)=O)cc1Cl. The average molecular weight is 415 g/mol. The molecular weight excluding hydrogens is 397 g/mol. The number of amides is 2. The molecule has 0 aliphatic heterocycles. The largest absolute Gasteiger partial charge is 0.495 e. The van der Waals surface area contributed by atoms with Crippen molar-refractivity contribution in [2.24, 2.45) is 5.73 Å². The smallest absolute Gasteiger partial charge is 0.416 e. The molecule has 0 bridgehead atoms. The monoisotopic (exact) mass is 414 g/mol. The van der Waals surface area contributed by atoms with Crippen LogP contribution in [-0.2, 0) is 28.6 Å². The van der Waals surface area contributed by atoms with Crippen molar-refractivity contribution >= 4 is 23.4 Å². The Morgan fingerprint density at radius 2 is 1.89 bits per heavy atom. The van der Waals surface area contributed by atoms with Gasteiger partial charge in [0.15, 0.2) is 0 Å². The molecule has 0 aliphatic rings. The molecule has 0 radical (unpaired) electrons. The number of hydrogen-bond acceptors (Lipinski definition) is 3. The van der Waals surface area contributed by atoms with E-state index in [-0.39, 0.29) is 18.4 Å². The van der Waals surface area contributed by atoms with Crippen LogP contribution < -0.4 is 15.8 Å². The first-order valence-electron chi connectivity index (χ1n) is 8.17. The summed E-state index contributed by atoms with van der Waals surface area (Å²) in [4.78, 5) is 23.9. The molecule has 2 aromatic rings. The van der Waals surface area contributed by atoms with Gasteiger partial charge in [0, 0.05) is 6.42 Å². The van der Waals surface area contributed by atoms with Gasteiger partial charge >= 0.3 is 6.18 Å². The van der Waals surface area contributed by atoms with Gasteiger partial charge in [-0.05, 0) is 29.3 Å². The highest BCUT2D eigenvalue weighted by Gasteiger charge is 2.30. The molecule has 0 saturated heterocycles. The van der Waals surface area contributed by atoms with Gasteiger partial charge in [-0.25, -0.2) is 0 Å². The first kappa shape index (κ1) is 21.6. The molecule has 0 saturated carbocycles. The number of alkyl halides is 3. The van der Waals surface area contributed by atoms with E-state index in [1.54, 1.807) is 18.2 Å². The van der Waals surface area contributed by atoms with E-state index >= 15 is 0 Å². The van der Waals surface area contributed by atoms with Crippen LogP contribution in [0.25, 0.3) is 0 Å². The normalized spacial score (nSPS) is 12.3. The average Bonchev–Trinajstić information content (AvgIpc) is 2.60. The number of benzene rings is 2. The van der Waals surface area contributed by atoms with Crippen molar-refractivity contribution < 1.29 is 27.5 Å². The first-order chi connectivity index (χ1) is 13.1. The van der Waals surface area contributed by atoms with Crippen LogP contribution in [0.5, 0.6) is 5.75 Å². The van der Waals surface area contributed by atoms with Gasteiger partial charge in [0.2, 0.25) is 11.8 Å². The lowest BCUT2D eigenvalue weighted by atomic mass is 10.0. The number of ether oxygens (including phenoxy) is 1. The Morgan fingerprint density at radius 1 is 1.18 bits per heavy atom. The van der Waals surface area contributed by atoms with Crippen molar-refractivity contribution in [1.82, 2.24) is 5.32 Å². The number of methoxy groups -OCH3 is 1. The summed E-state index contributed by atoms with van der Waals surface area (Å²) in [6.45, 7) is 0. The van der Waals surface area contributed by atoms with Crippen molar-refractivity contribution in [1.29, 1.82) is 0 Å². The van der Waals surface area contributed by atoms with Gasteiger partial charge in [-0.15, -0.1) is 0 Å². The second kappa shape index (κ2) is 8.97. The highest BCUT2D eigenvalue weighted by atomic mass is 35.5. The zero-order valence-corrected chi connectivity index (χ0v) is 15.6. The minimum Gasteiger partial charge on any atom is -0.495 e. The Morgan fingerprint density at radius 3 is 2.46 bits per heavy atom. The third kappa shape index (κ3) is 5.88. The molecule has 0 aromatic heterocycles. The minimum atomic E-state index is -4.50. The number of nitrogens with two attached hydrogens (primary N) is 1. The summed E-state index contributed by atoms with van der Waals surface area (Å²) in [5.74, 6) is -0.943. The second-order valence-corrected chi connectivity index (χ2v) is 6.48. The number of primary amides is 1. The number of carbonyl (C=O) groups is 2. The van der Waals surface area contributed by atoms with E-state index in [1.165, 1.54) is 19.2 Å². The van der Waals surface area contributed by atoms with E-state index < -0.39 is 29.6 Å². The molecule has 0 unspecified atom stereocenters. The van der Waals surface area contributed by atoms with Crippen molar-refractivity contribution in [2.45, 2.75) is 25.1 Å². The zero-order valence-electron chi connectivity index (χ0n) is 14.8. The van der Waals surface area contributed by atoms with Crippen LogP contribution in [0.15, 0.2) is 42.5 Å². The number of hydrogen-bond donors (Lipinski definition) is 2. The Bertz CT molecular complexity index is 872. The highest BCUT2D eigenvalue weighted by Crippen LogP contribution is 2.29. The van der Waals surface area contributed by atoms with E-state index in [1.807, 2.05) is 0 Å². The van der Waals surface area contributed by atoms with E-state index in [2.05, 4.69) is 5.32 Å². The summed E-state index contributed by atoms with van der Waals surface area (Å²) >= 11 is 6.04. The Balaban J connectivity index is 2.07. The number of rotatable bonds is 7. The zero-order chi connectivity index (χ0) is 20.9. The molecule has 2 amide bonds. The van der Waals surface area contributed by atoms with Crippen LogP contribution in [0.2, 0.25) is 5.02 Å². The fraction of sp³-hybridized carbons (Fsp3) is 0.263. The lowest BCUT2D eigenvalue weighted by Gasteiger charge is -2.16. The second-order valence-electron chi connectivity index (χ2n) is 6.07. The van der Waals surface area contributed by atoms with Gasteiger partial charge in [0.05, 0.1) is 24.1 Å². The molecule has 0 heterocycles. The van der Waals surface area contributed by atoms with Crippen LogP contribution in [0.4, 0.5) is 13.2 Å². The van der Waals surface area contributed by atoms with Crippen molar-refractivity contribution in [3.8, 4) is 5.75 Å². The standard InChI is InChI=1S/C19H18ClF3N2O3/c1-28-16-6-5-12(8-14(16)20)9-15(18(24)27)25-17(26)10-11-3-2-4-13(7-11)19(21,22)23/h2-8,15H,9-10H2,1H3,(H2,24,27)(H,25,26)/t15-/m1/s1. The lowest BCUT2D eigenvalue weighted by molar-refractivity contribution is -0.137. The summed E-state index contributed by atoms with van der Waals surface area (Å²) in [5.41, 5.74) is 5.29. The van der Waals surface area contributed by atoms with Crippen LogP contribution in [0.1, 0.15) is 16.7 Å². The molecule has 3 N–H and O–H groups in total. The fourth-order valence-corrected chi connectivity index (χ4v) is 2.86. The van der Waals surface area contributed by atoms with Gasteiger partial charge in [-0.2, -0.15) is 13.2 Å². The molecule has 5 nitrogen and oxygen atoms in total. The third-order valence-corrected chi connectivity index (χ3v) is 4.25. The Kier molecular flexibility index (Phi) is 6.90. The van der Waals surface area contributed by atoms with Crippen molar-refractivity contribution in [3.63, 3.8) is 0 Å². The maximum absolute atomic E-state index is 12.8. The molecule has 0 spiro atoms. The minimum absolute atomic E-state index is 0.0768. The van der Waals surface area contributed by atoms with Gasteiger partial charge in [-0.1, -0.05) is 35.9 Å². The molecule has 2 rings (SSSR count). The number of carbonyl (C=O) groups excluding carboxylic acids is 2. The Hall–Kier alpha value is -2.74. The highest BCUT2D eigenvalue weighted by molar-refractivity contribution is 6.32. The van der Waals surface area contributed by atoms with E-state index in [9.17, 15) is 22.8 Å². The fourth-order valence-electron chi connectivity index (χ4n) is 2.58. The molecule has 0 aliphatic carbocycles. The predicted octanol–water partition coefficient (Wildman–Crippen LogP) is 3.12. The molecule has 1 atom stereocenters. The van der Waals surface area contributed by atoms with E-state index in [0.29, 0.717) is 16.3 Å². The summed E-state index contributed by atoms with van der Waals surface area (Å²) < 4.78 is 43.3. The Labute approximate surface area is 164 Å². The summed E-state index contributed by atoms with van der Waals surface area (Å²) in [6.07, 6.45) is -4.75. The van der Waals surface area contributed by atoms with Crippen LogP contribution >= 0.6 is 11.6 Å². The topological polar surface area (TPSA) is 81.4 Å². The quantitative estimate of drug-likeness (QED) is 0.730. The van der Waals surface area contributed by atoms with Crippen LogP contribution in [0, 0.1) is 0 Å². The van der Waals surface area contributed by atoms with Gasteiger partial charge < -0.3 is 15.8 Å². The van der Waals surface area contributed by atoms with E-state index in [0.717, 1.165) is 12.1 Å². The summed E-state index contributed by atoms with van der Waals surface area (Å²) in [6, 6.07) is 8.24. The van der Waals surface area contributed by atoms with Crippen LogP contribution in [0.3, 0.4) is 0 Å². The molecular formula is C19H18ClF3N2O3. The van der Waals surface area contributed by atoms with Crippen molar-refractivity contribution in [2.75, 3.05) is 7.11 Å². The lowest BCUT2D eigenvalue weighted by Crippen LogP contribution is -2.46. The molecule has 150 valence electrons. The molecule has 0 fully saturated rings. The van der Waals surface area contributed by atoms with Crippen molar-refractivity contribution in [3.05, 3.63) is 64.2 Å².